The smallest absolute Gasteiger partial charge is 0.293 e. The van der Waals surface area contributed by atoms with Crippen molar-refractivity contribution in [3.05, 3.63) is 52.1 Å². The van der Waals surface area contributed by atoms with Gasteiger partial charge in [-0.1, -0.05) is 0 Å². The number of aryl methyl sites for hydroxylation is 1. The first-order chi connectivity index (χ1) is 10.5. The second-order valence-corrected chi connectivity index (χ2v) is 5.61. The topological polar surface area (TPSA) is 60.1 Å². The van der Waals surface area contributed by atoms with E-state index in [4.69, 9.17) is 16.0 Å². The van der Waals surface area contributed by atoms with Crippen LogP contribution in [-0.4, -0.2) is 15.5 Å². The Morgan fingerprint density at radius 2 is 2.14 bits per heavy atom. The van der Waals surface area contributed by atoms with E-state index < -0.39 is 0 Å². The van der Waals surface area contributed by atoms with Gasteiger partial charge in [-0.05, 0) is 55.3 Å². The third-order valence-electron chi connectivity index (χ3n) is 3.94. The first-order valence-corrected chi connectivity index (χ1v) is 7.29. The molecule has 0 radical (unpaired) electrons. The van der Waals surface area contributed by atoms with Crippen LogP contribution in [0.3, 0.4) is 0 Å². The molecule has 5 nitrogen and oxygen atoms in total. The Kier molecular flexibility index (Phi) is 3.66. The van der Waals surface area contributed by atoms with Crippen LogP contribution in [0, 0.1) is 13.8 Å². The summed E-state index contributed by atoms with van der Waals surface area (Å²) in [6, 6.07) is 7.14. The highest BCUT2D eigenvalue weighted by Crippen LogP contribution is 2.20. The lowest BCUT2D eigenvalue weighted by Crippen LogP contribution is -2.23. The van der Waals surface area contributed by atoms with Gasteiger partial charge in [0.1, 0.15) is 5.52 Å². The molecule has 0 aliphatic heterocycles. The summed E-state index contributed by atoms with van der Waals surface area (Å²) in [4.78, 5) is 16.3. The Labute approximate surface area is 132 Å². The van der Waals surface area contributed by atoms with Crippen LogP contribution in [0.4, 0.5) is 0 Å². The number of amides is 1. The highest BCUT2D eigenvalue weighted by molar-refractivity contribution is 6.28. The van der Waals surface area contributed by atoms with Crippen LogP contribution >= 0.6 is 11.6 Å². The molecule has 0 spiro atoms. The highest BCUT2D eigenvalue weighted by Gasteiger charge is 2.11. The van der Waals surface area contributed by atoms with Crippen molar-refractivity contribution in [2.75, 3.05) is 0 Å². The number of oxazole rings is 1. The Balaban J connectivity index is 1.76. The fraction of sp³-hybridized carbons (Fsp3) is 0.250. The van der Waals surface area contributed by atoms with Gasteiger partial charge in [0.05, 0.1) is 0 Å². The number of fused-ring (bicyclic) bond motifs is 1. The van der Waals surface area contributed by atoms with Crippen molar-refractivity contribution in [2.45, 2.75) is 20.4 Å². The lowest BCUT2D eigenvalue weighted by atomic mass is 10.2. The highest BCUT2D eigenvalue weighted by atomic mass is 35.5. The second kappa shape index (κ2) is 5.50. The van der Waals surface area contributed by atoms with Crippen molar-refractivity contribution in [3.8, 4) is 0 Å². The number of benzene rings is 1. The van der Waals surface area contributed by atoms with E-state index in [1.165, 1.54) is 5.69 Å². The van der Waals surface area contributed by atoms with Crippen molar-refractivity contribution < 1.29 is 9.21 Å². The number of nitrogens with one attached hydrogen (secondary N) is 1. The van der Waals surface area contributed by atoms with Gasteiger partial charge < -0.3 is 14.3 Å². The van der Waals surface area contributed by atoms with Crippen LogP contribution in [0.1, 0.15) is 27.3 Å². The summed E-state index contributed by atoms with van der Waals surface area (Å²) in [7, 11) is 2.01. The van der Waals surface area contributed by atoms with E-state index in [9.17, 15) is 4.79 Å². The van der Waals surface area contributed by atoms with E-state index in [0.717, 1.165) is 11.3 Å². The Bertz CT molecular complexity index is 864. The maximum Gasteiger partial charge on any atom is 0.293 e. The Morgan fingerprint density at radius 1 is 1.36 bits per heavy atom. The van der Waals surface area contributed by atoms with E-state index >= 15 is 0 Å². The molecule has 0 aliphatic rings. The number of hydrogen-bond acceptors (Lipinski definition) is 3. The van der Waals surface area contributed by atoms with Crippen molar-refractivity contribution in [2.24, 2.45) is 7.05 Å². The van der Waals surface area contributed by atoms with Crippen LogP contribution in [0.15, 0.2) is 28.7 Å². The fourth-order valence-corrected chi connectivity index (χ4v) is 2.60. The van der Waals surface area contributed by atoms with Crippen molar-refractivity contribution in [3.63, 3.8) is 0 Å². The molecule has 22 heavy (non-hydrogen) atoms. The Hall–Kier alpha value is -2.27. The van der Waals surface area contributed by atoms with E-state index in [-0.39, 0.29) is 11.3 Å². The van der Waals surface area contributed by atoms with Crippen LogP contribution in [0.5, 0.6) is 0 Å². The summed E-state index contributed by atoms with van der Waals surface area (Å²) >= 11 is 5.71. The molecule has 0 bridgehead atoms. The molecular weight excluding hydrogens is 302 g/mol. The summed E-state index contributed by atoms with van der Waals surface area (Å²) < 4.78 is 7.29. The molecule has 1 aromatic carbocycles. The SMILES string of the molecule is Cc1cc(CNC(=O)c2ccc3oc(Cl)nc3c2)c(C)n1C. The number of carbonyl (C=O) groups excluding carboxylic acids is 1. The molecule has 0 aliphatic carbocycles. The van der Waals surface area contributed by atoms with Gasteiger partial charge >= 0.3 is 0 Å². The van der Waals surface area contributed by atoms with E-state index in [1.54, 1.807) is 18.2 Å². The molecule has 114 valence electrons. The average molecular weight is 318 g/mol. The van der Waals surface area contributed by atoms with Crippen LogP contribution < -0.4 is 5.32 Å². The molecule has 1 N–H and O–H groups in total. The van der Waals surface area contributed by atoms with Crippen molar-refractivity contribution >= 4 is 28.6 Å². The maximum atomic E-state index is 12.3. The predicted molar refractivity (Wildman–Crippen MR) is 85.1 cm³/mol. The van der Waals surface area contributed by atoms with Gasteiger partial charge in [0.2, 0.25) is 0 Å². The normalized spacial score (nSPS) is 11.1. The lowest BCUT2D eigenvalue weighted by molar-refractivity contribution is 0.0951. The van der Waals surface area contributed by atoms with Crippen molar-refractivity contribution in [1.29, 1.82) is 0 Å². The molecule has 0 saturated carbocycles. The van der Waals surface area contributed by atoms with Gasteiger partial charge in [-0.25, -0.2) is 0 Å². The summed E-state index contributed by atoms with van der Waals surface area (Å²) in [5, 5.41) is 3.00. The third kappa shape index (κ3) is 2.60. The molecule has 3 rings (SSSR count). The standard InChI is InChI=1S/C16H16ClN3O2/c1-9-6-12(10(2)20(9)3)8-18-15(21)11-4-5-14-13(7-11)19-16(17)22-14/h4-7H,8H2,1-3H3,(H,18,21). The molecule has 3 aromatic rings. The predicted octanol–water partition coefficient (Wildman–Crippen LogP) is 3.37. The molecule has 2 heterocycles. The largest absolute Gasteiger partial charge is 0.428 e. The quantitative estimate of drug-likeness (QED) is 0.805. The number of hydrogen-bond donors (Lipinski definition) is 1. The number of nitrogens with zero attached hydrogens (tertiary/aromatic N) is 2. The minimum atomic E-state index is -0.151. The van der Waals surface area contributed by atoms with Crippen LogP contribution in [-0.2, 0) is 13.6 Å². The molecular formula is C16H16ClN3O2. The minimum Gasteiger partial charge on any atom is -0.428 e. The monoisotopic (exact) mass is 317 g/mol. The van der Waals surface area contributed by atoms with Crippen LogP contribution in [0.2, 0.25) is 5.35 Å². The minimum absolute atomic E-state index is 0.0722. The fourth-order valence-electron chi connectivity index (χ4n) is 2.43. The number of carbonyl (C=O) groups is 1. The van der Waals surface area contributed by atoms with Gasteiger partial charge in [-0.15, -0.1) is 0 Å². The molecule has 0 atom stereocenters. The molecule has 6 heteroatoms. The maximum absolute atomic E-state index is 12.3. The molecule has 0 unspecified atom stereocenters. The van der Waals surface area contributed by atoms with E-state index in [1.807, 2.05) is 20.9 Å². The zero-order valence-corrected chi connectivity index (χ0v) is 13.4. The summed E-state index contributed by atoms with van der Waals surface area (Å²) in [5.41, 5.74) is 5.10. The van der Waals surface area contributed by atoms with Gasteiger partial charge in [0.15, 0.2) is 5.58 Å². The van der Waals surface area contributed by atoms with E-state index in [2.05, 4.69) is 20.9 Å². The van der Waals surface area contributed by atoms with E-state index in [0.29, 0.717) is 23.2 Å². The summed E-state index contributed by atoms with van der Waals surface area (Å²) in [5.74, 6) is -0.151. The molecule has 1 amide bonds. The zero-order chi connectivity index (χ0) is 15.9. The third-order valence-corrected chi connectivity index (χ3v) is 4.10. The van der Waals surface area contributed by atoms with Gasteiger partial charge in [-0.3, -0.25) is 4.79 Å². The number of halogens is 1. The molecule has 0 fully saturated rings. The number of rotatable bonds is 3. The second-order valence-electron chi connectivity index (χ2n) is 5.29. The van der Waals surface area contributed by atoms with Gasteiger partial charge in [0.25, 0.3) is 11.3 Å². The van der Waals surface area contributed by atoms with Gasteiger partial charge in [0, 0.05) is 30.5 Å². The first kappa shape index (κ1) is 14.7. The molecule has 2 aromatic heterocycles. The van der Waals surface area contributed by atoms with Crippen molar-refractivity contribution in [1.82, 2.24) is 14.9 Å². The summed E-state index contributed by atoms with van der Waals surface area (Å²) in [6.07, 6.45) is 0. The van der Waals surface area contributed by atoms with Crippen LogP contribution in [0.25, 0.3) is 11.1 Å². The average Bonchev–Trinajstić information content (AvgIpc) is 2.98. The van der Waals surface area contributed by atoms with Gasteiger partial charge in [-0.2, -0.15) is 4.98 Å². The number of aromatic nitrogens is 2. The zero-order valence-electron chi connectivity index (χ0n) is 12.6. The summed E-state index contributed by atoms with van der Waals surface area (Å²) in [6.45, 7) is 4.57. The first-order valence-electron chi connectivity index (χ1n) is 6.92. The lowest BCUT2D eigenvalue weighted by Gasteiger charge is -2.06. The Morgan fingerprint density at radius 3 is 2.82 bits per heavy atom. The molecule has 0 saturated heterocycles.